The summed E-state index contributed by atoms with van der Waals surface area (Å²) < 4.78 is 6.91. The SMILES string of the molecule is O=C(CCn1nc(Cl)c2ccccc21)NCC(=O)N1CCOCC1. The number of benzene rings is 1. The molecule has 1 aromatic carbocycles. The van der Waals surface area contributed by atoms with E-state index in [1.807, 2.05) is 24.3 Å². The van der Waals surface area contributed by atoms with Gasteiger partial charge in [-0.15, -0.1) is 0 Å². The fourth-order valence-electron chi connectivity index (χ4n) is 2.65. The van der Waals surface area contributed by atoms with Gasteiger partial charge >= 0.3 is 0 Å². The lowest BCUT2D eigenvalue weighted by molar-refractivity contribution is -0.136. The third-order valence-electron chi connectivity index (χ3n) is 3.96. The van der Waals surface area contributed by atoms with Gasteiger partial charge in [-0.05, 0) is 12.1 Å². The highest BCUT2D eigenvalue weighted by atomic mass is 35.5. The Labute approximate surface area is 144 Å². The number of amides is 2. The Morgan fingerprint density at radius 2 is 2.00 bits per heavy atom. The molecule has 2 aromatic rings. The van der Waals surface area contributed by atoms with Gasteiger partial charge in [0.05, 0.1) is 31.8 Å². The number of nitrogens with one attached hydrogen (secondary N) is 1. The number of aromatic nitrogens is 2. The van der Waals surface area contributed by atoms with Crippen LogP contribution in [-0.4, -0.2) is 59.3 Å². The van der Waals surface area contributed by atoms with Crippen LogP contribution < -0.4 is 5.32 Å². The fraction of sp³-hybridized carbons (Fsp3) is 0.438. The van der Waals surface area contributed by atoms with Gasteiger partial charge in [0, 0.05) is 24.9 Å². The Kier molecular flexibility index (Phi) is 5.32. The number of hydrogen-bond acceptors (Lipinski definition) is 4. The Morgan fingerprint density at radius 3 is 2.79 bits per heavy atom. The average Bonchev–Trinajstić information content (AvgIpc) is 2.95. The highest BCUT2D eigenvalue weighted by Crippen LogP contribution is 2.22. The zero-order valence-electron chi connectivity index (χ0n) is 13.2. The summed E-state index contributed by atoms with van der Waals surface area (Å²) in [6.07, 6.45) is 0.235. The summed E-state index contributed by atoms with van der Waals surface area (Å²) >= 11 is 6.09. The molecule has 7 nitrogen and oxygen atoms in total. The van der Waals surface area contributed by atoms with Crippen molar-refractivity contribution in [2.24, 2.45) is 0 Å². The first-order valence-electron chi connectivity index (χ1n) is 7.88. The quantitative estimate of drug-likeness (QED) is 0.874. The van der Waals surface area contributed by atoms with E-state index < -0.39 is 0 Å². The topological polar surface area (TPSA) is 76.5 Å². The van der Waals surface area contributed by atoms with Crippen molar-refractivity contribution in [2.45, 2.75) is 13.0 Å². The molecule has 2 heterocycles. The first-order valence-corrected chi connectivity index (χ1v) is 8.26. The van der Waals surface area contributed by atoms with E-state index in [2.05, 4.69) is 10.4 Å². The number of carbonyl (C=O) groups excluding carboxylic acids is 2. The molecule has 0 atom stereocenters. The molecule has 1 aliphatic rings. The van der Waals surface area contributed by atoms with E-state index in [1.165, 1.54) is 0 Å². The molecule has 0 bridgehead atoms. The third kappa shape index (κ3) is 3.85. The van der Waals surface area contributed by atoms with Gasteiger partial charge in [-0.25, -0.2) is 0 Å². The van der Waals surface area contributed by atoms with E-state index in [1.54, 1.807) is 9.58 Å². The van der Waals surface area contributed by atoms with Gasteiger partial charge < -0.3 is 15.0 Å². The van der Waals surface area contributed by atoms with Crippen LogP contribution in [-0.2, 0) is 20.9 Å². The largest absolute Gasteiger partial charge is 0.378 e. The van der Waals surface area contributed by atoms with Crippen molar-refractivity contribution in [1.82, 2.24) is 20.0 Å². The van der Waals surface area contributed by atoms with Crippen molar-refractivity contribution in [3.05, 3.63) is 29.4 Å². The Bertz CT molecular complexity index is 740. The van der Waals surface area contributed by atoms with E-state index in [0.29, 0.717) is 38.0 Å². The predicted molar refractivity (Wildman–Crippen MR) is 89.8 cm³/mol. The maximum atomic E-state index is 12.0. The van der Waals surface area contributed by atoms with Crippen molar-refractivity contribution < 1.29 is 14.3 Å². The molecule has 1 aromatic heterocycles. The standard InChI is InChI=1S/C16H19ClN4O3/c17-16-12-3-1-2-4-13(12)21(19-16)6-5-14(22)18-11-15(23)20-7-9-24-10-8-20/h1-4H,5-11H2,(H,18,22). The lowest BCUT2D eigenvalue weighted by Gasteiger charge is -2.26. The van der Waals surface area contributed by atoms with Crippen molar-refractivity contribution in [1.29, 1.82) is 0 Å². The number of para-hydroxylation sites is 1. The van der Waals surface area contributed by atoms with Crippen LogP contribution in [0.2, 0.25) is 5.15 Å². The normalized spacial score (nSPS) is 14.8. The maximum absolute atomic E-state index is 12.0. The van der Waals surface area contributed by atoms with Gasteiger partial charge in [0.1, 0.15) is 0 Å². The van der Waals surface area contributed by atoms with Crippen LogP contribution in [0.3, 0.4) is 0 Å². The number of hydrogen-bond donors (Lipinski definition) is 1. The van der Waals surface area contributed by atoms with E-state index in [-0.39, 0.29) is 24.8 Å². The highest BCUT2D eigenvalue weighted by molar-refractivity contribution is 6.34. The van der Waals surface area contributed by atoms with E-state index >= 15 is 0 Å². The molecule has 1 saturated heterocycles. The monoisotopic (exact) mass is 350 g/mol. The minimum absolute atomic E-state index is 0.0133. The second-order valence-electron chi connectivity index (χ2n) is 5.55. The Balaban J connectivity index is 1.49. The second kappa shape index (κ2) is 7.63. The van der Waals surface area contributed by atoms with Crippen LogP contribution in [0, 0.1) is 0 Å². The van der Waals surface area contributed by atoms with Crippen molar-refractivity contribution in [2.75, 3.05) is 32.8 Å². The van der Waals surface area contributed by atoms with Crippen molar-refractivity contribution >= 4 is 34.3 Å². The summed E-state index contributed by atoms with van der Waals surface area (Å²) in [5, 5.41) is 8.19. The van der Waals surface area contributed by atoms with E-state index in [9.17, 15) is 9.59 Å². The summed E-state index contributed by atoms with van der Waals surface area (Å²) in [6.45, 7) is 2.67. The van der Waals surface area contributed by atoms with Crippen LogP contribution in [0.25, 0.3) is 10.9 Å². The molecule has 2 amide bonds. The molecule has 0 unspecified atom stereocenters. The number of ether oxygens (including phenoxy) is 1. The molecule has 1 aliphatic heterocycles. The molecule has 0 aliphatic carbocycles. The second-order valence-corrected chi connectivity index (χ2v) is 5.91. The summed E-state index contributed by atoms with van der Waals surface area (Å²) in [4.78, 5) is 25.6. The molecular formula is C16H19ClN4O3. The molecule has 1 fully saturated rings. The van der Waals surface area contributed by atoms with Gasteiger partial charge in [0.15, 0.2) is 5.15 Å². The summed E-state index contributed by atoms with van der Waals surface area (Å²) in [5.41, 5.74) is 0.889. The number of nitrogens with zero attached hydrogens (tertiary/aromatic N) is 3. The number of aryl methyl sites for hydroxylation is 1. The van der Waals surface area contributed by atoms with Crippen LogP contribution in [0.1, 0.15) is 6.42 Å². The molecule has 1 N–H and O–H groups in total. The molecule has 8 heteroatoms. The van der Waals surface area contributed by atoms with Crippen molar-refractivity contribution in [3.8, 4) is 0 Å². The molecule has 0 spiro atoms. The zero-order valence-corrected chi connectivity index (χ0v) is 14.0. The molecule has 24 heavy (non-hydrogen) atoms. The molecular weight excluding hydrogens is 332 g/mol. The van der Waals surface area contributed by atoms with Gasteiger partial charge in [0.25, 0.3) is 0 Å². The van der Waals surface area contributed by atoms with Gasteiger partial charge in [0.2, 0.25) is 11.8 Å². The third-order valence-corrected chi connectivity index (χ3v) is 4.24. The summed E-state index contributed by atoms with van der Waals surface area (Å²) in [7, 11) is 0. The van der Waals surface area contributed by atoms with Gasteiger partial charge in [-0.2, -0.15) is 5.10 Å². The van der Waals surface area contributed by atoms with Crippen molar-refractivity contribution in [3.63, 3.8) is 0 Å². The summed E-state index contributed by atoms with van der Waals surface area (Å²) in [5.74, 6) is -0.272. The van der Waals surface area contributed by atoms with Gasteiger partial charge in [-0.1, -0.05) is 23.7 Å². The summed E-state index contributed by atoms with van der Waals surface area (Å²) in [6, 6.07) is 7.60. The highest BCUT2D eigenvalue weighted by Gasteiger charge is 2.17. The minimum Gasteiger partial charge on any atom is -0.378 e. The predicted octanol–water partition coefficient (Wildman–Crippen LogP) is 1.05. The smallest absolute Gasteiger partial charge is 0.242 e. The Hall–Kier alpha value is -2.12. The first kappa shape index (κ1) is 16.7. The van der Waals surface area contributed by atoms with Crippen LogP contribution >= 0.6 is 11.6 Å². The van der Waals surface area contributed by atoms with E-state index in [4.69, 9.17) is 16.3 Å². The molecule has 0 radical (unpaired) electrons. The zero-order chi connectivity index (χ0) is 16.9. The van der Waals surface area contributed by atoms with Crippen LogP contribution in [0.4, 0.5) is 0 Å². The van der Waals surface area contributed by atoms with E-state index in [0.717, 1.165) is 10.9 Å². The molecule has 0 saturated carbocycles. The number of carbonyl (C=O) groups is 2. The van der Waals surface area contributed by atoms with Crippen LogP contribution in [0.5, 0.6) is 0 Å². The Morgan fingerprint density at radius 1 is 1.25 bits per heavy atom. The number of morpholine rings is 1. The minimum atomic E-state index is -0.188. The van der Waals surface area contributed by atoms with Gasteiger partial charge in [-0.3, -0.25) is 14.3 Å². The van der Waals surface area contributed by atoms with Crippen LogP contribution in [0.15, 0.2) is 24.3 Å². The number of rotatable bonds is 5. The first-order chi connectivity index (χ1) is 11.6. The molecule has 3 rings (SSSR count). The average molecular weight is 351 g/mol. The number of halogens is 1. The lowest BCUT2D eigenvalue weighted by Crippen LogP contribution is -2.45. The number of fused-ring (bicyclic) bond motifs is 1. The fourth-order valence-corrected chi connectivity index (χ4v) is 2.90. The lowest BCUT2D eigenvalue weighted by atomic mass is 10.2. The molecule has 128 valence electrons. The maximum Gasteiger partial charge on any atom is 0.242 e.